The molecule has 1 heterocycles. The third kappa shape index (κ3) is 4.31. The SMILES string of the molecule is Cc1nc2ccccc2c(=O)n1CC(=O)NC(=O)NCC(F)(F)F. The molecular formula is C14H13F3N4O3. The fourth-order valence-corrected chi connectivity index (χ4v) is 2.00. The standard InChI is InChI=1S/C14H13F3N4O3/c1-8-19-10-5-3-2-4-9(10)12(23)21(8)6-11(22)20-13(24)18-7-14(15,16)17/h2-5H,6-7H2,1H3,(H2,18,20,22,24). The average Bonchev–Trinajstić information content (AvgIpc) is 2.49. The number of imide groups is 1. The fourth-order valence-electron chi connectivity index (χ4n) is 2.00. The lowest BCUT2D eigenvalue weighted by atomic mass is 10.2. The number of halogens is 3. The largest absolute Gasteiger partial charge is 0.405 e. The van der Waals surface area contributed by atoms with Gasteiger partial charge in [0.05, 0.1) is 10.9 Å². The molecule has 0 atom stereocenters. The number of alkyl halides is 3. The Bertz CT molecular complexity index is 845. The number of aromatic nitrogens is 2. The lowest BCUT2D eigenvalue weighted by Crippen LogP contribution is -2.45. The number of carbonyl (C=O) groups is 2. The number of carbonyl (C=O) groups excluding carboxylic acids is 2. The van der Waals surface area contributed by atoms with Crippen LogP contribution in [0.1, 0.15) is 5.82 Å². The van der Waals surface area contributed by atoms with Crippen LogP contribution >= 0.6 is 0 Å². The van der Waals surface area contributed by atoms with Crippen LogP contribution in [0.3, 0.4) is 0 Å². The number of para-hydroxylation sites is 1. The van der Waals surface area contributed by atoms with E-state index in [0.29, 0.717) is 5.52 Å². The molecule has 2 rings (SSSR count). The van der Waals surface area contributed by atoms with Gasteiger partial charge in [-0.25, -0.2) is 9.78 Å². The molecule has 7 nitrogen and oxygen atoms in total. The number of amides is 3. The van der Waals surface area contributed by atoms with Gasteiger partial charge in [0.2, 0.25) is 5.91 Å². The third-order valence-electron chi connectivity index (χ3n) is 3.06. The Balaban J connectivity index is 2.11. The maximum absolute atomic E-state index is 12.3. The van der Waals surface area contributed by atoms with Crippen LogP contribution in [0.15, 0.2) is 29.1 Å². The van der Waals surface area contributed by atoms with Crippen molar-refractivity contribution in [3.05, 3.63) is 40.4 Å². The number of hydrogen-bond acceptors (Lipinski definition) is 4. The fraction of sp³-hybridized carbons (Fsp3) is 0.286. The van der Waals surface area contributed by atoms with Crippen molar-refractivity contribution in [3.8, 4) is 0 Å². The zero-order valence-electron chi connectivity index (χ0n) is 12.5. The first-order valence-electron chi connectivity index (χ1n) is 6.78. The molecular weight excluding hydrogens is 329 g/mol. The number of urea groups is 1. The van der Waals surface area contributed by atoms with E-state index in [9.17, 15) is 27.6 Å². The van der Waals surface area contributed by atoms with E-state index in [-0.39, 0.29) is 11.2 Å². The Labute approximate surface area is 133 Å². The summed E-state index contributed by atoms with van der Waals surface area (Å²) in [6, 6.07) is 5.22. The summed E-state index contributed by atoms with van der Waals surface area (Å²) in [6.45, 7) is -0.602. The van der Waals surface area contributed by atoms with Crippen molar-refractivity contribution in [2.75, 3.05) is 6.54 Å². The second-order valence-corrected chi connectivity index (χ2v) is 4.91. The van der Waals surface area contributed by atoms with E-state index in [4.69, 9.17) is 0 Å². The van der Waals surface area contributed by atoms with Crippen LogP contribution in [0.2, 0.25) is 0 Å². The van der Waals surface area contributed by atoms with Crippen LogP contribution in [-0.4, -0.2) is 34.2 Å². The van der Waals surface area contributed by atoms with Crippen molar-refractivity contribution in [1.82, 2.24) is 20.2 Å². The molecule has 0 unspecified atom stereocenters. The molecule has 0 spiro atoms. The summed E-state index contributed by atoms with van der Waals surface area (Å²) in [4.78, 5) is 39.5. The minimum Gasteiger partial charge on any atom is -0.329 e. The Hall–Kier alpha value is -2.91. The molecule has 0 radical (unpaired) electrons. The van der Waals surface area contributed by atoms with Gasteiger partial charge >= 0.3 is 12.2 Å². The van der Waals surface area contributed by atoms with Crippen molar-refractivity contribution in [2.24, 2.45) is 0 Å². The predicted molar refractivity (Wildman–Crippen MR) is 78.3 cm³/mol. The number of nitrogens with one attached hydrogen (secondary N) is 2. The summed E-state index contributed by atoms with van der Waals surface area (Å²) in [7, 11) is 0. The van der Waals surface area contributed by atoms with E-state index in [1.807, 2.05) is 0 Å². The molecule has 2 N–H and O–H groups in total. The Kier molecular flexibility index (Phi) is 4.86. The van der Waals surface area contributed by atoms with E-state index in [2.05, 4.69) is 4.98 Å². The molecule has 0 aliphatic rings. The topological polar surface area (TPSA) is 93.1 Å². The monoisotopic (exact) mass is 342 g/mol. The highest BCUT2D eigenvalue weighted by atomic mass is 19.4. The summed E-state index contributed by atoms with van der Waals surface area (Å²) in [6.07, 6.45) is -4.59. The van der Waals surface area contributed by atoms with E-state index < -0.39 is 36.8 Å². The van der Waals surface area contributed by atoms with Gasteiger partial charge < -0.3 is 5.32 Å². The van der Waals surface area contributed by atoms with Crippen LogP contribution in [0.5, 0.6) is 0 Å². The van der Waals surface area contributed by atoms with Gasteiger partial charge in [0.25, 0.3) is 5.56 Å². The molecule has 3 amide bonds. The highest BCUT2D eigenvalue weighted by Crippen LogP contribution is 2.12. The Morgan fingerprint density at radius 3 is 2.58 bits per heavy atom. The number of fused-ring (bicyclic) bond motifs is 1. The van der Waals surface area contributed by atoms with Crippen molar-refractivity contribution in [2.45, 2.75) is 19.6 Å². The van der Waals surface area contributed by atoms with Crippen molar-refractivity contribution in [3.63, 3.8) is 0 Å². The average molecular weight is 342 g/mol. The Morgan fingerprint density at radius 1 is 1.25 bits per heavy atom. The first-order valence-corrected chi connectivity index (χ1v) is 6.78. The lowest BCUT2D eigenvalue weighted by molar-refractivity contribution is -0.124. The molecule has 128 valence electrons. The van der Waals surface area contributed by atoms with Crippen LogP contribution in [0, 0.1) is 6.92 Å². The second-order valence-electron chi connectivity index (χ2n) is 4.91. The van der Waals surface area contributed by atoms with Crippen LogP contribution in [-0.2, 0) is 11.3 Å². The molecule has 0 bridgehead atoms. The summed E-state index contributed by atoms with van der Waals surface area (Å²) in [5.74, 6) is -0.693. The van der Waals surface area contributed by atoms with Crippen LogP contribution in [0.4, 0.5) is 18.0 Å². The van der Waals surface area contributed by atoms with Crippen LogP contribution < -0.4 is 16.2 Å². The number of hydrogen-bond donors (Lipinski definition) is 2. The molecule has 2 aromatic rings. The predicted octanol–water partition coefficient (Wildman–Crippen LogP) is 1.09. The van der Waals surface area contributed by atoms with Gasteiger partial charge in [-0.2, -0.15) is 13.2 Å². The van der Waals surface area contributed by atoms with Gasteiger partial charge in [-0.05, 0) is 19.1 Å². The third-order valence-corrected chi connectivity index (χ3v) is 3.06. The highest BCUT2D eigenvalue weighted by molar-refractivity contribution is 5.94. The van der Waals surface area contributed by atoms with E-state index in [1.54, 1.807) is 23.5 Å². The number of aryl methyl sites for hydroxylation is 1. The van der Waals surface area contributed by atoms with Gasteiger partial charge in [-0.1, -0.05) is 12.1 Å². The molecule has 0 aliphatic heterocycles. The smallest absolute Gasteiger partial charge is 0.329 e. The highest BCUT2D eigenvalue weighted by Gasteiger charge is 2.28. The lowest BCUT2D eigenvalue weighted by Gasteiger charge is -2.11. The molecule has 1 aromatic heterocycles. The molecule has 24 heavy (non-hydrogen) atoms. The quantitative estimate of drug-likeness (QED) is 0.873. The second kappa shape index (κ2) is 6.69. The van der Waals surface area contributed by atoms with Crippen molar-refractivity contribution in [1.29, 1.82) is 0 Å². The Morgan fingerprint density at radius 2 is 1.92 bits per heavy atom. The van der Waals surface area contributed by atoms with Crippen molar-refractivity contribution >= 4 is 22.8 Å². The molecule has 0 saturated carbocycles. The molecule has 0 saturated heterocycles. The number of nitrogens with zero attached hydrogens (tertiary/aromatic N) is 2. The molecule has 0 aliphatic carbocycles. The summed E-state index contributed by atoms with van der Waals surface area (Å²) >= 11 is 0. The first kappa shape index (κ1) is 17.4. The van der Waals surface area contributed by atoms with Gasteiger partial charge in [-0.3, -0.25) is 19.5 Å². The number of benzene rings is 1. The normalized spacial score (nSPS) is 11.3. The van der Waals surface area contributed by atoms with Gasteiger partial charge in [-0.15, -0.1) is 0 Å². The van der Waals surface area contributed by atoms with E-state index in [0.717, 1.165) is 4.57 Å². The van der Waals surface area contributed by atoms with Gasteiger partial charge in [0.15, 0.2) is 0 Å². The van der Waals surface area contributed by atoms with E-state index >= 15 is 0 Å². The molecule has 0 fully saturated rings. The molecule has 1 aromatic carbocycles. The zero-order chi connectivity index (χ0) is 17.9. The number of rotatable bonds is 3. The minimum atomic E-state index is -4.59. The van der Waals surface area contributed by atoms with Crippen molar-refractivity contribution < 1.29 is 22.8 Å². The first-order chi connectivity index (χ1) is 11.2. The zero-order valence-corrected chi connectivity index (χ0v) is 12.5. The molecule has 10 heteroatoms. The maximum Gasteiger partial charge on any atom is 0.405 e. The summed E-state index contributed by atoms with van der Waals surface area (Å²) < 4.78 is 37.0. The van der Waals surface area contributed by atoms with E-state index in [1.165, 1.54) is 18.3 Å². The van der Waals surface area contributed by atoms with Crippen LogP contribution in [0.25, 0.3) is 10.9 Å². The summed E-state index contributed by atoms with van der Waals surface area (Å²) in [5, 5.41) is 3.52. The minimum absolute atomic E-state index is 0.240. The maximum atomic E-state index is 12.3. The van der Waals surface area contributed by atoms with Gasteiger partial charge in [0.1, 0.15) is 18.9 Å². The van der Waals surface area contributed by atoms with Gasteiger partial charge in [0, 0.05) is 0 Å². The summed E-state index contributed by atoms with van der Waals surface area (Å²) in [5.41, 5.74) is -0.0245.